The molecule has 0 saturated heterocycles. The number of benzene rings is 4. The van der Waals surface area contributed by atoms with Gasteiger partial charge in [-0.05, 0) is 97.1 Å². The Kier molecular flexibility index (Phi) is 6.71. The number of halogens is 6. The van der Waals surface area contributed by atoms with Gasteiger partial charge in [-0.1, -0.05) is 0 Å². The third-order valence-electron chi connectivity index (χ3n) is 4.97. The Morgan fingerprint density at radius 1 is 0.486 bits per heavy atom. The zero-order valence-electron chi connectivity index (χ0n) is 17.8. The zero-order chi connectivity index (χ0) is 25.2. The Balaban J connectivity index is 1.69. The molecule has 0 heterocycles. The van der Waals surface area contributed by atoms with E-state index in [-0.39, 0.29) is 5.75 Å². The minimum absolute atomic E-state index is 0.0878. The van der Waals surface area contributed by atoms with E-state index in [4.69, 9.17) is 4.74 Å². The summed E-state index contributed by atoms with van der Waals surface area (Å²) in [4.78, 5) is 1.72. The van der Waals surface area contributed by atoms with Crippen LogP contribution in [0.3, 0.4) is 0 Å². The standard InChI is InChI=1S/C26H16F6O2S/c27-25(28,29)17-1-11-22(12-2-17)35(23-13-3-18(4-14-23)26(30,31)32)24-15-9-21(10-16-24)34-20-7-5-19(33)6-8-20/h1-16H/p+1. The molecule has 0 fully saturated rings. The summed E-state index contributed by atoms with van der Waals surface area (Å²) in [6.07, 6.45) is -9.00. The van der Waals surface area contributed by atoms with E-state index in [1.165, 1.54) is 36.4 Å². The van der Waals surface area contributed by atoms with Gasteiger partial charge in [0.15, 0.2) is 14.7 Å². The van der Waals surface area contributed by atoms with Gasteiger partial charge in [-0.25, -0.2) is 0 Å². The molecule has 0 aliphatic carbocycles. The molecule has 1 N–H and O–H groups in total. The molecule has 0 radical (unpaired) electrons. The Bertz CT molecular complexity index is 1210. The number of phenolic OH excluding ortho intramolecular Hbond substituents is 1. The van der Waals surface area contributed by atoms with Crippen LogP contribution in [0.5, 0.6) is 17.2 Å². The number of hydrogen-bond donors (Lipinski definition) is 1. The lowest BCUT2D eigenvalue weighted by atomic mass is 10.2. The molecule has 0 amide bonds. The fourth-order valence-electron chi connectivity index (χ4n) is 3.26. The molecule has 0 atom stereocenters. The number of ether oxygens (including phenoxy) is 1. The van der Waals surface area contributed by atoms with E-state index in [2.05, 4.69) is 0 Å². The van der Waals surface area contributed by atoms with Crippen molar-refractivity contribution in [3.05, 3.63) is 108 Å². The summed E-state index contributed by atoms with van der Waals surface area (Å²) in [5, 5.41) is 9.38. The van der Waals surface area contributed by atoms with E-state index in [1.807, 2.05) is 0 Å². The van der Waals surface area contributed by atoms with E-state index >= 15 is 0 Å². The molecule has 35 heavy (non-hydrogen) atoms. The van der Waals surface area contributed by atoms with Crippen LogP contribution in [0.2, 0.25) is 0 Å². The van der Waals surface area contributed by atoms with Crippen LogP contribution in [0, 0.1) is 0 Å². The van der Waals surface area contributed by atoms with Gasteiger partial charge in [0, 0.05) is 0 Å². The molecule has 4 aromatic carbocycles. The lowest BCUT2D eigenvalue weighted by Gasteiger charge is -2.12. The van der Waals surface area contributed by atoms with Crippen LogP contribution in [-0.2, 0) is 23.2 Å². The fraction of sp³-hybridized carbons (Fsp3) is 0.0769. The Labute approximate surface area is 199 Å². The first-order valence-corrected chi connectivity index (χ1v) is 11.4. The smallest absolute Gasteiger partial charge is 0.416 e. The van der Waals surface area contributed by atoms with Crippen molar-refractivity contribution in [1.82, 2.24) is 0 Å². The highest BCUT2D eigenvalue weighted by molar-refractivity contribution is 7.97. The van der Waals surface area contributed by atoms with Gasteiger partial charge in [0.1, 0.15) is 17.2 Å². The Hall–Kier alpha value is -3.59. The van der Waals surface area contributed by atoms with Crippen molar-refractivity contribution >= 4 is 10.9 Å². The van der Waals surface area contributed by atoms with Gasteiger partial charge < -0.3 is 9.84 Å². The van der Waals surface area contributed by atoms with Crippen LogP contribution in [-0.4, -0.2) is 5.11 Å². The molecule has 0 bridgehead atoms. The number of alkyl halides is 6. The summed E-state index contributed by atoms with van der Waals surface area (Å²) in [7, 11) is -0.966. The van der Waals surface area contributed by atoms with Gasteiger partial charge in [-0.3, -0.25) is 0 Å². The van der Waals surface area contributed by atoms with Crippen molar-refractivity contribution in [2.45, 2.75) is 27.0 Å². The van der Waals surface area contributed by atoms with Crippen LogP contribution in [0.25, 0.3) is 0 Å². The van der Waals surface area contributed by atoms with E-state index < -0.39 is 34.4 Å². The summed E-state index contributed by atoms with van der Waals surface area (Å²) in [6, 6.07) is 22.1. The zero-order valence-corrected chi connectivity index (χ0v) is 18.6. The number of hydrogen-bond acceptors (Lipinski definition) is 2. The summed E-state index contributed by atoms with van der Waals surface area (Å²) in [5.74, 6) is 1.05. The van der Waals surface area contributed by atoms with Gasteiger partial charge in [0.05, 0.1) is 22.0 Å². The van der Waals surface area contributed by atoms with Crippen LogP contribution >= 0.6 is 0 Å². The largest absolute Gasteiger partial charge is 0.508 e. The second-order valence-electron chi connectivity index (χ2n) is 7.42. The van der Waals surface area contributed by atoms with Crippen LogP contribution in [0.1, 0.15) is 11.1 Å². The van der Waals surface area contributed by atoms with Crippen LogP contribution in [0.4, 0.5) is 26.3 Å². The lowest BCUT2D eigenvalue weighted by molar-refractivity contribution is -0.138. The number of aromatic hydroxyl groups is 1. The van der Waals surface area contributed by atoms with E-state index in [0.717, 1.165) is 24.3 Å². The van der Waals surface area contributed by atoms with E-state index in [9.17, 15) is 31.4 Å². The molecule has 4 rings (SSSR count). The maximum Gasteiger partial charge on any atom is 0.416 e. The molecule has 4 aromatic rings. The van der Waals surface area contributed by atoms with Crippen molar-refractivity contribution in [3.63, 3.8) is 0 Å². The Morgan fingerprint density at radius 3 is 1.14 bits per heavy atom. The maximum atomic E-state index is 13.0. The summed E-state index contributed by atoms with van der Waals surface area (Å²) in [6.45, 7) is 0. The summed E-state index contributed by atoms with van der Waals surface area (Å²) >= 11 is 0. The average Bonchev–Trinajstić information content (AvgIpc) is 2.81. The molecule has 0 spiro atoms. The molecule has 0 aromatic heterocycles. The minimum Gasteiger partial charge on any atom is -0.508 e. The lowest BCUT2D eigenvalue weighted by Crippen LogP contribution is -2.09. The fourth-order valence-corrected chi connectivity index (χ4v) is 5.30. The highest BCUT2D eigenvalue weighted by Crippen LogP contribution is 2.37. The topological polar surface area (TPSA) is 29.5 Å². The second kappa shape index (κ2) is 9.58. The van der Waals surface area contributed by atoms with Gasteiger partial charge in [0.25, 0.3) is 0 Å². The molecule has 2 nitrogen and oxygen atoms in total. The van der Waals surface area contributed by atoms with Gasteiger partial charge in [0.2, 0.25) is 0 Å². The predicted molar refractivity (Wildman–Crippen MR) is 120 cm³/mol. The highest BCUT2D eigenvalue weighted by atomic mass is 32.2. The number of rotatable bonds is 5. The molecule has 0 aliphatic heterocycles. The predicted octanol–water partition coefficient (Wildman–Crippen LogP) is 8.32. The quantitative estimate of drug-likeness (QED) is 0.217. The van der Waals surface area contributed by atoms with Gasteiger partial charge >= 0.3 is 12.4 Å². The van der Waals surface area contributed by atoms with E-state index in [0.29, 0.717) is 26.2 Å². The molecule has 180 valence electrons. The van der Waals surface area contributed by atoms with Crippen molar-refractivity contribution in [2.24, 2.45) is 0 Å². The normalized spacial score (nSPS) is 12.1. The molecular formula is C26H17F6O2S+. The summed E-state index contributed by atoms with van der Waals surface area (Å²) in [5.41, 5.74) is -1.62. The van der Waals surface area contributed by atoms with Crippen LogP contribution < -0.4 is 4.74 Å². The maximum absolute atomic E-state index is 13.0. The minimum atomic E-state index is -4.50. The van der Waals surface area contributed by atoms with Crippen LogP contribution in [0.15, 0.2) is 112 Å². The van der Waals surface area contributed by atoms with Crippen molar-refractivity contribution in [3.8, 4) is 17.2 Å². The monoisotopic (exact) mass is 507 g/mol. The average molecular weight is 507 g/mol. The summed E-state index contributed by atoms with van der Waals surface area (Å²) < 4.78 is 83.9. The first kappa shape index (κ1) is 24.5. The molecule has 9 heteroatoms. The molecule has 0 unspecified atom stereocenters. The van der Waals surface area contributed by atoms with Crippen molar-refractivity contribution in [2.75, 3.05) is 0 Å². The second-order valence-corrected chi connectivity index (χ2v) is 9.44. The highest BCUT2D eigenvalue weighted by Gasteiger charge is 2.35. The SMILES string of the molecule is Oc1ccc(Oc2ccc([S+](c3ccc(C(F)(F)F)cc3)c3ccc(C(F)(F)F)cc3)cc2)cc1. The molecular weight excluding hydrogens is 490 g/mol. The Morgan fingerprint density at radius 2 is 0.800 bits per heavy atom. The van der Waals surface area contributed by atoms with Gasteiger partial charge in [-0.2, -0.15) is 26.3 Å². The molecule has 0 saturated carbocycles. The first-order chi connectivity index (χ1) is 16.5. The third kappa shape index (κ3) is 5.92. The molecule has 0 aliphatic rings. The van der Waals surface area contributed by atoms with Crippen molar-refractivity contribution in [1.29, 1.82) is 0 Å². The first-order valence-electron chi connectivity index (χ1n) is 10.2. The van der Waals surface area contributed by atoms with E-state index in [1.54, 1.807) is 36.4 Å². The van der Waals surface area contributed by atoms with Crippen molar-refractivity contribution < 1.29 is 36.2 Å². The number of phenols is 1. The van der Waals surface area contributed by atoms with Gasteiger partial charge in [-0.15, -0.1) is 0 Å². The third-order valence-corrected chi connectivity index (χ3v) is 7.20.